The van der Waals surface area contributed by atoms with Gasteiger partial charge in [-0.2, -0.15) is 0 Å². The second-order valence-corrected chi connectivity index (χ2v) is 6.16. The van der Waals surface area contributed by atoms with E-state index >= 15 is 0 Å². The summed E-state index contributed by atoms with van der Waals surface area (Å²) < 4.78 is 10.6. The van der Waals surface area contributed by atoms with Crippen LogP contribution in [0, 0.1) is 0 Å². The zero-order valence-electron chi connectivity index (χ0n) is 13.9. The van der Waals surface area contributed by atoms with Crippen molar-refractivity contribution in [1.29, 1.82) is 0 Å². The van der Waals surface area contributed by atoms with Gasteiger partial charge < -0.3 is 20.1 Å². The minimum absolute atomic E-state index is 0.115. The van der Waals surface area contributed by atoms with E-state index in [0.29, 0.717) is 23.0 Å². The molecule has 1 aliphatic heterocycles. The van der Waals surface area contributed by atoms with Gasteiger partial charge >= 0.3 is 0 Å². The number of carbonyl (C=O) groups is 1. The Balaban J connectivity index is 1.57. The fourth-order valence-electron chi connectivity index (χ4n) is 2.62. The molecule has 1 saturated heterocycles. The Kier molecular flexibility index (Phi) is 5.73. The number of carbonyl (C=O) groups excluding carboxylic acids is 1. The van der Waals surface area contributed by atoms with Crippen LogP contribution in [0.4, 0.5) is 11.4 Å². The van der Waals surface area contributed by atoms with Gasteiger partial charge in [-0.05, 0) is 43.2 Å². The van der Waals surface area contributed by atoms with Gasteiger partial charge in [-0.25, -0.2) is 4.98 Å². The van der Waals surface area contributed by atoms with Crippen LogP contribution in [0.3, 0.4) is 0 Å². The predicted octanol–water partition coefficient (Wildman–Crippen LogP) is 3.40. The van der Waals surface area contributed by atoms with Crippen LogP contribution in [0.2, 0.25) is 5.02 Å². The van der Waals surface area contributed by atoms with Crippen molar-refractivity contribution in [3.05, 3.63) is 47.2 Å². The first-order valence-electron chi connectivity index (χ1n) is 8.12. The van der Waals surface area contributed by atoms with Crippen LogP contribution < -0.4 is 15.4 Å². The van der Waals surface area contributed by atoms with Crippen LogP contribution in [0.15, 0.2) is 36.5 Å². The number of nitrogens with one attached hydrogen (secondary N) is 2. The molecule has 2 N–H and O–H groups in total. The Morgan fingerprint density at radius 2 is 2.20 bits per heavy atom. The maximum absolute atomic E-state index is 12.1. The van der Waals surface area contributed by atoms with Gasteiger partial charge in [0.1, 0.15) is 11.4 Å². The average molecular weight is 362 g/mol. The second-order valence-electron chi connectivity index (χ2n) is 5.75. The fraction of sp³-hybridized carbons (Fsp3) is 0.333. The first kappa shape index (κ1) is 17.5. The van der Waals surface area contributed by atoms with Gasteiger partial charge in [0.15, 0.2) is 0 Å². The molecule has 6 nitrogen and oxygen atoms in total. The molecule has 7 heteroatoms. The van der Waals surface area contributed by atoms with E-state index in [4.69, 9.17) is 21.1 Å². The second kappa shape index (κ2) is 8.18. The van der Waals surface area contributed by atoms with Crippen LogP contribution in [-0.4, -0.2) is 37.3 Å². The number of aromatic nitrogens is 1. The minimum atomic E-state index is -0.199. The van der Waals surface area contributed by atoms with Crippen molar-refractivity contribution in [3.63, 3.8) is 0 Å². The summed E-state index contributed by atoms with van der Waals surface area (Å²) in [6.07, 6.45) is 3.76. The number of hydrogen-bond acceptors (Lipinski definition) is 5. The quantitative estimate of drug-likeness (QED) is 0.825. The molecule has 132 valence electrons. The van der Waals surface area contributed by atoms with Gasteiger partial charge in [0, 0.05) is 18.8 Å². The highest BCUT2D eigenvalue weighted by molar-refractivity contribution is 6.32. The van der Waals surface area contributed by atoms with Gasteiger partial charge in [-0.15, -0.1) is 0 Å². The number of benzene rings is 1. The van der Waals surface area contributed by atoms with Crippen molar-refractivity contribution in [2.75, 3.05) is 25.6 Å². The summed E-state index contributed by atoms with van der Waals surface area (Å²) in [6.45, 7) is 1.29. The first-order chi connectivity index (χ1) is 12.2. The standard InChI is InChI=1S/C18H20ClN3O3/c1-24-17-7-5-12(9-15(17)19)22-13-4-6-16(20-10-13)18(23)21-11-14-3-2-8-25-14/h4-7,9-10,14,22H,2-3,8,11H2,1H3,(H,21,23). The van der Waals surface area contributed by atoms with E-state index < -0.39 is 0 Å². The molecule has 25 heavy (non-hydrogen) atoms. The number of methoxy groups -OCH3 is 1. The van der Waals surface area contributed by atoms with Crippen LogP contribution in [0.1, 0.15) is 23.3 Å². The third-order valence-electron chi connectivity index (χ3n) is 3.95. The molecule has 1 aromatic carbocycles. The maximum Gasteiger partial charge on any atom is 0.269 e. The third-order valence-corrected chi connectivity index (χ3v) is 4.25. The summed E-state index contributed by atoms with van der Waals surface area (Å²) in [5.74, 6) is 0.415. The van der Waals surface area contributed by atoms with Crippen LogP contribution >= 0.6 is 11.6 Å². The largest absolute Gasteiger partial charge is 0.495 e. The lowest BCUT2D eigenvalue weighted by Crippen LogP contribution is -2.32. The van der Waals surface area contributed by atoms with E-state index in [0.717, 1.165) is 30.8 Å². The van der Waals surface area contributed by atoms with Crippen molar-refractivity contribution in [2.24, 2.45) is 0 Å². The van der Waals surface area contributed by atoms with E-state index in [-0.39, 0.29) is 12.0 Å². The van der Waals surface area contributed by atoms with Crippen LogP contribution in [0.5, 0.6) is 5.75 Å². The zero-order valence-corrected chi connectivity index (χ0v) is 14.7. The summed E-state index contributed by atoms with van der Waals surface area (Å²) in [6, 6.07) is 8.88. The summed E-state index contributed by atoms with van der Waals surface area (Å²) in [5, 5.41) is 6.56. The molecule has 0 bridgehead atoms. The molecule has 1 unspecified atom stereocenters. The Morgan fingerprint density at radius 1 is 1.36 bits per heavy atom. The van der Waals surface area contributed by atoms with Gasteiger partial charge in [0.25, 0.3) is 5.91 Å². The molecule has 0 aliphatic carbocycles. The van der Waals surface area contributed by atoms with E-state index in [2.05, 4.69) is 15.6 Å². The highest BCUT2D eigenvalue weighted by atomic mass is 35.5. The number of rotatable bonds is 6. The van der Waals surface area contributed by atoms with Crippen molar-refractivity contribution in [2.45, 2.75) is 18.9 Å². The van der Waals surface area contributed by atoms with Crippen molar-refractivity contribution < 1.29 is 14.3 Å². The molecule has 0 saturated carbocycles. The predicted molar refractivity (Wildman–Crippen MR) is 96.8 cm³/mol. The van der Waals surface area contributed by atoms with Crippen LogP contribution in [-0.2, 0) is 4.74 Å². The molecule has 1 atom stereocenters. The lowest BCUT2D eigenvalue weighted by Gasteiger charge is -2.11. The monoisotopic (exact) mass is 361 g/mol. The molecule has 1 aromatic heterocycles. The molecule has 2 heterocycles. The van der Waals surface area contributed by atoms with Gasteiger partial charge in [-0.3, -0.25) is 4.79 Å². The Labute approximate surface area is 151 Å². The molecule has 0 radical (unpaired) electrons. The summed E-state index contributed by atoms with van der Waals surface area (Å²) in [7, 11) is 1.57. The number of anilines is 2. The topological polar surface area (TPSA) is 72.5 Å². The molecule has 1 amide bonds. The number of ether oxygens (including phenoxy) is 2. The van der Waals surface area contributed by atoms with Crippen LogP contribution in [0.25, 0.3) is 0 Å². The number of amides is 1. The Morgan fingerprint density at radius 3 is 2.84 bits per heavy atom. The molecule has 2 aromatic rings. The Bertz CT molecular complexity index is 731. The normalized spacial score (nSPS) is 16.5. The first-order valence-corrected chi connectivity index (χ1v) is 8.50. The van der Waals surface area contributed by atoms with Gasteiger partial charge in [-0.1, -0.05) is 11.6 Å². The lowest BCUT2D eigenvalue weighted by molar-refractivity contribution is 0.0854. The lowest BCUT2D eigenvalue weighted by atomic mass is 10.2. The smallest absolute Gasteiger partial charge is 0.269 e. The van der Waals surface area contributed by atoms with Crippen molar-refractivity contribution in [1.82, 2.24) is 10.3 Å². The number of pyridine rings is 1. The molecular formula is C18H20ClN3O3. The number of hydrogen-bond donors (Lipinski definition) is 2. The fourth-order valence-corrected chi connectivity index (χ4v) is 2.87. The Hall–Kier alpha value is -2.31. The molecule has 1 aliphatic rings. The summed E-state index contributed by atoms with van der Waals surface area (Å²) >= 11 is 6.11. The van der Waals surface area contributed by atoms with Gasteiger partial charge in [0.05, 0.1) is 30.1 Å². The average Bonchev–Trinajstić information content (AvgIpc) is 3.14. The number of halogens is 1. The summed E-state index contributed by atoms with van der Waals surface area (Å²) in [4.78, 5) is 16.3. The van der Waals surface area contributed by atoms with E-state index in [1.807, 2.05) is 6.07 Å². The van der Waals surface area contributed by atoms with Crippen molar-refractivity contribution in [3.8, 4) is 5.75 Å². The van der Waals surface area contributed by atoms with Gasteiger partial charge in [0.2, 0.25) is 0 Å². The highest BCUT2D eigenvalue weighted by Crippen LogP contribution is 2.28. The highest BCUT2D eigenvalue weighted by Gasteiger charge is 2.17. The third kappa shape index (κ3) is 4.61. The number of nitrogens with zero attached hydrogens (tertiary/aromatic N) is 1. The molecule has 3 rings (SSSR count). The van der Waals surface area contributed by atoms with E-state index in [9.17, 15) is 4.79 Å². The summed E-state index contributed by atoms with van der Waals surface area (Å²) in [5.41, 5.74) is 1.94. The molecular weight excluding hydrogens is 342 g/mol. The van der Waals surface area contributed by atoms with Crippen molar-refractivity contribution >= 4 is 28.9 Å². The zero-order chi connectivity index (χ0) is 17.6. The maximum atomic E-state index is 12.1. The SMILES string of the molecule is COc1ccc(Nc2ccc(C(=O)NCC3CCCO3)nc2)cc1Cl. The minimum Gasteiger partial charge on any atom is -0.495 e. The van der Waals surface area contributed by atoms with E-state index in [1.54, 1.807) is 37.6 Å². The molecule has 1 fully saturated rings. The molecule has 0 spiro atoms. The van der Waals surface area contributed by atoms with E-state index in [1.165, 1.54) is 0 Å².